The van der Waals surface area contributed by atoms with Gasteiger partial charge in [0.15, 0.2) is 0 Å². The molecule has 3 atom stereocenters. The van der Waals surface area contributed by atoms with E-state index in [0.29, 0.717) is 37.2 Å². The van der Waals surface area contributed by atoms with Crippen LogP contribution < -0.4 is 9.47 Å². The highest BCUT2D eigenvalue weighted by molar-refractivity contribution is 6.33. The van der Waals surface area contributed by atoms with Gasteiger partial charge in [-0.05, 0) is 66.5 Å². The zero-order valence-electron chi connectivity index (χ0n) is 20.7. The number of hydrogen-bond acceptors (Lipinski definition) is 6. The van der Waals surface area contributed by atoms with Crippen molar-refractivity contribution in [1.82, 2.24) is 4.98 Å². The van der Waals surface area contributed by atoms with Gasteiger partial charge in [-0.3, -0.25) is 4.79 Å². The SMILES string of the molecule is O=C(O)C1C2Cc3cc(OCc4cc(-c5ccc(OCC6CC(O)(CO)C6)cc5Cl)c(F)cc4F)ncc3C21. The molecule has 3 aromatic rings. The van der Waals surface area contributed by atoms with Crippen LogP contribution in [0.3, 0.4) is 0 Å². The normalized spacial score (nSPS) is 26.4. The van der Waals surface area contributed by atoms with Crippen molar-refractivity contribution in [3.63, 3.8) is 0 Å². The fraction of sp³-hybridized carbons (Fsp3) is 0.379. The number of aliphatic hydroxyl groups is 2. The average molecular weight is 558 g/mol. The summed E-state index contributed by atoms with van der Waals surface area (Å²) >= 11 is 6.44. The number of carbonyl (C=O) groups is 1. The summed E-state index contributed by atoms with van der Waals surface area (Å²) in [6.07, 6.45) is 3.18. The van der Waals surface area contributed by atoms with Gasteiger partial charge in [0.1, 0.15) is 24.0 Å². The molecule has 3 aliphatic rings. The number of rotatable bonds is 9. The first-order valence-corrected chi connectivity index (χ1v) is 13.1. The minimum Gasteiger partial charge on any atom is -0.493 e. The van der Waals surface area contributed by atoms with E-state index in [1.54, 1.807) is 30.5 Å². The van der Waals surface area contributed by atoms with Crippen molar-refractivity contribution >= 4 is 17.6 Å². The van der Waals surface area contributed by atoms with Gasteiger partial charge in [0.05, 0.1) is 29.8 Å². The molecular formula is C29H26ClF2NO6. The number of aliphatic hydroxyl groups excluding tert-OH is 1. The molecule has 2 fully saturated rings. The number of benzene rings is 2. The first kappa shape index (κ1) is 26.0. The predicted molar refractivity (Wildman–Crippen MR) is 137 cm³/mol. The lowest BCUT2D eigenvalue weighted by atomic mass is 9.72. The second-order valence-electron chi connectivity index (χ2n) is 10.8. The summed E-state index contributed by atoms with van der Waals surface area (Å²) in [7, 11) is 0. The second-order valence-corrected chi connectivity index (χ2v) is 11.2. The number of fused-ring (bicyclic) bond motifs is 3. The number of halogens is 3. The number of nitrogens with zero attached hydrogens (tertiary/aromatic N) is 1. The molecule has 0 amide bonds. The molecule has 1 heterocycles. The van der Waals surface area contributed by atoms with Crippen molar-refractivity contribution in [1.29, 1.82) is 0 Å². The largest absolute Gasteiger partial charge is 0.493 e. The Labute approximate surface area is 228 Å². The van der Waals surface area contributed by atoms with Crippen LogP contribution in [0, 0.1) is 29.4 Å². The van der Waals surface area contributed by atoms with E-state index in [1.165, 1.54) is 6.07 Å². The van der Waals surface area contributed by atoms with Crippen molar-refractivity contribution in [3.8, 4) is 22.8 Å². The Morgan fingerprint density at radius 1 is 1.10 bits per heavy atom. The molecule has 0 radical (unpaired) electrons. The Morgan fingerprint density at radius 3 is 2.62 bits per heavy atom. The molecule has 3 N–H and O–H groups in total. The average Bonchev–Trinajstić information content (AvgIpc) is 3.48. The molecule has 0 aliphatic heterocycles. The van der Waals surface area contributed by atoms with E-state index in [9.17, 15) is 23.8 Å². The number of carboxylic acids is 1. The molecule has 204 valence electrons. The van der Waals surface area contributed by atoms with E-state index in [2.05, 4.69) is 4.98 Å². The molecule has 0 spiro atoms. The summed E-state index contributed by atoms with van der Waals surface area (Å²) < 4.78 is 40.9. The third-order valence-electron chi connectivity index (χ3n) is 8.13. The molecule has 2 aromatic carbocycles. The van der Waals surface area contributed by atoms with E-state index in [0.717, 1.165) is 17.2 Å². The maximum absolute atomic E-state index is 14.8. The minimum absolute atomic E-state index is 0.00200. The predicted octanol–water partition coefficient (Wildman–Crippen LogP) is 4.74. The van der Waals surface area contributed by atoms with Crippen LogP contribution >= 0.6 is 11.6 Å². The van der Waals surface area contributed by atoms with Crippen molar-refractivity contribution in [2.75, 3.05) is 13.2 Å². The number of aromatic nitrogens is 1. The van der Waals surface area contributed by atoms with Gasteiger partial charge in [0, 0.05) is 40.9 Å². The Hall–Kier alpha value is -3.27. The number of hydrogen-bond donors (Lipinski definition) is 3. The Balaban J connectivity index is 1.13. The molecule has 39 heavy (non-hydrogen) atoms. The van der Waals surface area contributed by atoms with Gasteiger partial charge in [-0.2, -0.15) is 0 Å². The fourth-order valence-electron chi connectivity index (χ4n) is 6.03. The van der Waals surface area contributed by atoms with Gasteiger partial charge >= 0.3 is 5.97 Å². The van der Waals surface area contributed by atoms with Gasteiger partial charge in [0.25, 0.3) is 0 Å². The number of ether oxygens (including phenoxy) is 2. The quantitative estimate of drug-likeness (QED) is 0.349. The van der Waals surface area contributed by atoms with Crippen molar-refractivity contribution in [3.05, 3.63) is 75.9 Å². The molecule has 2 saturated carbocycles. The molecule has 3 aliphatic carbocycles. The summed E-state index contributed by atoms with van der Waals surface area (Å²) in [6.45, 7) is -0.113. The van der Waals surface area contributed by atoms with E-state index < -0.39 is 23.2 Å². The summed E-state index contributed by atoms with van der Waals surface area (Å²) in [5.74, 6) is -1.69. The van der Waals surface area contributed by atoms with Crippen molar-refractivity contribution in [2.45, 2.75) is 37.4 Å². The number of aliphatic carboxylic acids is 1. The first-order chi connectivity index (χ1) is 18.7. The molecule has 6 rings (SSSR count). The van der Waals surface area contributed by atoms with Crippen LogP contribution in [0.15, 0.2) is 42.6 Å². The van der Waals surface area contributed by atoms with Crippen LogP contribution in [-0.4, -0.2) is 45.1 Å². The Bertz CT molecular complexity index is 1460. The van der Waals surface area contributed by atoms with Crippen LogP contribution in [0.4, 0.5) is 8.78 Å². The molecule has 10 heteroatoms. The number of pyridine rings is 1. The van der Waals surface area contributed by atoms with E-state index in [1.807, 2.05) is 0 Å². The van der Waals surface area contributed by atoms with E-state index in [-0.39, 0.29) is 58.9 Å². The lowest BCUT2D eigenvalue weighted by molar-refractivity contribution is -0.139. The van der Waals surface area contributed by atoms with Crippen LogP contribution in [0.5, 0.6) is 11.6 Å². The zero-order chi connectivity index (χ0) is 27.5. The van der Waals surface area contributed by atoms with Crippen LogP contribution in [-0.2, 0) is 17.8 Å². The molecule has 0 bridgehead atoms. The van der Waals surface area contributed by atoms with Crippen molar-refractivity contribution < 1.29 is 38.4 Å². The lowest BCUT2D eigenvalue weighted by Gasteiger charge is -2.42. The third-order valence-corrected chi connectivity index (χ3v) is 8.44. The molecule has 1 aromatic heterocycles. The summed E-state index contributed by atoms with van der Waals surface area (Å²) in [6, 6.07) is 8.71. The molecule has 0 saturated heterocycles. The van der Waals surface area contributed by atoms with Crippen molar-refractivity contribution in [2.24, 2.45) is 17.8 Å². The first-order valence-electron chi connectivity index (χ1n) is 12.7. The van der Waals surface area contributed by atoms with E-state index >= 15 is 0 Å². The van der Waals surface area contributed by atoms with Gasteiger partial charge in [-0.1, -0.05) is 11.6 Å². The smallest absolute Gasteiger partial charge is 0.307 e. The Kier molecular flexibility index (Phi) is 6.48. The van der Waals surface area contributed by atoms with Crippen LogP contribution in [0.1, 0.15) is 35.4 Å². The highest BCUT2D eigenvalue weighted by Crippen LogP contribution is 2.61. The maximum Gasteiger partial charge on any atom is 0.307 e. The van der Waals surface area contributed by atoms with Gasteiger partial charge in [0.2, 0.25) is 5.88 Å². The topological polar surface area (TPSA) is 109 Å². The van der Waals surface area contributed by atoms with Crippen LogP contribution in [0.2, 0.25) is 5.02 Å². The number of carboxylic acid groups (broad SMARTS) is 1. The van der Waals surface area contributed by atoms with Gasteiger partial charge in [-0.25, -0.2) is 13.8 Å². The van der Waals surface area contributed by atoms with Crippen LogP contribution in [0.25, 0.3) is 11.1 Å². The summed E-state index contributed by atoms with van der Waals surface area (Å²) in [4.78, 5) is 15.6. The van der Waals surface area contributed by atoms with E-state index in [4.69, 9.17) is 26.2 Å². The standard InChI is InChI=1S/C29H26ClF2NO6/c30-22-6-17(38-11-14-8-29(37,9-14)13-34)1-2-18(22)19-4-16(23(31)7-24(19)32)12-39-25-5-15-3-20-26(21(15)10-33-25)27(20)28(35)36/h1-2,4-7,10,14,20,26-27,34,37H,3,8-9,11-13H2,(H,35,36). The van der Waals surface area contributed by atoms with Gasteiger partial charge in [-0.15, -0.1) is 0 Å². The third kappa shape index (κ3) is 4.83. The fourth-order valence-corrected chi connectivity index (χ4v) is 6.30. The minimum atomic E-state index is -1.03. The molecule has 3 unspecified atom stereocenters. The Morgan fingerprint density at radius 2 is 1.90 bits per heavy atom. The second kappa shape index (κ2) is 9.73. The highest BCUT2D eigenvalue weighted by atomic mass is 35.5. The molecular weight excluding hydrogens is 532 g/mol. The summed E-state index contributed by atoms with van der Waals surface area (Å²) in [5.41, 5.74) is 1.49. The zero-order valence-corrected chi connectivity index (χ0v) is 21.5. The van der Waals surface area contributed by atoms with Gasteiger partial charge < -0.3 is 24.8 Å². The monoisotopic (exact) mass is 557 g/mol. The molecule has 7 nitrogen and oxygen atoms in total. The maximum atomic E-state index is 14.8. The highest BCUT2D eigenvalue weighted by Gasteiger charge is 2.60. The lowest BCUT2D eigenvalue weighted by Crippen LogP contribution is -2.48. The summed E-state index contributed by atoms with van der Waals surface area (Å²) in [5, 5.41) is 28.6.